The summed E-state index contributed by atoms with van der Waals surface area (Å²) < 4.78 is 5.77. The molecule has 33 heavy (non-hydrogen) atoms. The average Bonchev–Trinajstić information content (AvgIpc) is 2.80. The standard InChI is InChI=1S/C26H38N3O4/c1-19-10-14-29(15-11-19)13-3-5-20(2)18-33-16-4-12-27-17-24(31)21-6-8-23(30)26-22(21)7-9-25(32)28-26/h5-9,19,24,27,30-31H,1,3-4,10-18H2,2H3,(H,28,32)/b20-5+/t24-/m0/s1. The summed E-state index contributed by atoms with van der Waals surface area (Å²) in [5.74, 6) is 0.621. The van der Waals surface area contributed by atoms with Gasteiger partial charge >= 0.3 is 0 Å². The second-order valence-electron chi connectivity index (χ2n) is 9.04. The quantitative estimate of drug-likeness (QED) is 0.289. The van der Waals surface area contributed by atoms with Crippen molar-refractivity contribution < 1.29 is 14.9 Å². The van der Waals surface area contributed by atoms with Crippen molar-refractivity contribution in [2.75, 3.05) is 45.9 Å². The SMILES string of the molecule is [CH2]C1CCN(CC/C=C(\C)COCCCNC[C@H](O)c2ccc(O)c3[nH]c(=O)ccc23)CC1. The lowest BCUT2D eigenvalue weighted by atomic mass is 9.99. The molecule has 1 saturated heterocycles. The largest absolute Gasteiger partial charge is 0.506 e. The maximum absolute atomic E-state index is 11.5. The Hall–Kier alpha value is -2.19. The topological polar surface area (TPSA) is 97.8 Å². The third kappa shape index (κ3) is 7.96. The van der Waals surface area contributed by atoms with Crippen LogP contribution >= 0.6 is 0 Å². The van der Waals surface area contributed by atoms with Crippen LogP contribution in [0.2, 0.25) is 0 Å². The maximum atomic E-state index is 11.5. The zero-order valence-corrected chi connectivity index (χ0v) is 19.7. The normalized spacial score (nSPS) is 17.0. The summed E-state index contributed by atoms with van der Waals surface area (Å²) in [5, 5.41) is 24.4. The number of nitrogens with zero attached hydrogens (tertiary/aromatic N) is 1. The monoisotopic (exact) mass is 456 g/mol. The predicted molar refractivity (Wildman–Crippen MR) is 132 cm³/mol. The number of ether oxygens (including phenoxy) is 1. The molecule has 0 bridgehead atoms. The summed E-state index contributed by atoms with van der Waals surface area (Å²) in [6.07, 6.45) is 5.87. The number of H-pyrrole nitrogens is 1. The fraction of sp³-hybridized carbons (Fsp3) is 0.538. The summed E-state index contributed by atoms with van der Waals surface area (Å²) >= 11 is 0. The smallest absolute Gasteiger partial charge is 0.248 e. The van der Waals surface area contributed by atoms with E-state index in [1.165, 1.54) is 43.6 Å². The molecule has 2 aromatic rings. The van der Waals surface area contributed by atoms with Crippen LogP contribution in [0.15, 0.2) is 40.7 Å². The molecular weight excluding hydrogens is 418 g/mol. The van der Waals surface area contributed by atoms with Gasteiger partial charge in [0.2, 0.25) is 5.56 Å². The zero-order chi connectivity index (χ0) is 23.6. The van der Waals surface area contributed by atoms with Crippen LogP contribution in [0.1, 0.15) is 44.3 Å². The van der Waals surface area contributed by atoms with E-state index in [-0.39, 0.29) is 11.3 Å². The van der Waals surface area contributed by atoms with Gasteiger partial charge in [-0.3, -0.25) is 4.79 Å². The highest BCUT2D eigenvalue weighted by molar-refractivity contribution is 5.87. The fourth-order valence-electron chi connectivity index (χ4n) is 4.19. The number of aromatic hydroxyl groups is 1. The number of hydrogen-bond donors (Lipinski definition) is 4. The number of aliphatic hydroxyl groups excluding tert-OH is 1. The van der Waals surface area contributed by atoms with E-state index < -0.39 is 6.10 Å². The zero-order valence-electron chi connectivity index (χ0n) is 19.7. The van der Waals surface area contributed by atoms with E-state index >= 15 is 0 Å². The Morgan fingerprint density at radius 2 is 2.12 bits per heavy atom. The Balaban J connectivity index is 1.29. The van der Waals surface area contributed by atoms with Crippen molar-refractivity contribution in [2.24, 2.45) is 5.92 Å². The van der Waals surface area contributed by atoms with E-state index in [9.17, 15) is 15.0 Å². The molecule has 181 valence electrons. The van der Waals surface area contributed by atoms with E-state index in [2.05, 4.69) is 35.1 Å². The highest BCUT2D eigenvalue weighted by atomic mass is 16.5. The molecule has 4 N–H and O–H groups in total. The van der Waals surface area contributed by atoms with Gasteiger partial charge in [-0.05, 0) is 75.9 Å². The summed E-state index contributed by atoms with van der Waals surface area (Å²) in [5.41, 5.74) is 1.99. The molecule has 0 unspecified atom stereocenters. The number of pyridine rings is 1. The molecule has 1 aliphatic rings. The molecule has 7 nitrogen and oxygen atoms in total. The highest BCUT2D eigenvalue weighted by Gasteiger charge is 2.15. The Kier molecular flexibility index (Phi) is 9.94. The van der Waals surface area contributed by atoms with Gasteiger partial charge in [-0.2, -0.15) is 0 Å². The number of fused-ring (bicyclic) bond motifs is 1. The van der Waals surface area contributed by atoms with Gasteiger partial charge in [0.15, 0.2) is 0 Å². The predicted octanol–water partition coefficient (Wildman–Crippen LogP) is 3.15. The maximum Gasteiger partial charge on any atom is 0.248 e. The Morgan fingerprint density at radius 3 is 2.91 bits per heavy atom. The van der Waals surface area contributed by atoms with Gasteiger partial charge in [-0.25, -0.2) is 0 Å². The molecule has 0 spiro atoms. The Bertz CT molecular complexity index is 964. The molecule has 7 heteroatoms. The number of phenols is 1. The number of nitrogens with one attached hydrogen (secondary N) is 2. The van der Waals surface area contributed by atoms with Crippen LogP contribution in [-0.4, -0.2) is 66.0 Å². The molecule has 1 radical (unpaired) electrons. The van der Waals surface area contributed by atoms with Gasteiger partial charge in [0, 0.05) is 31.1 Å². The van der Waals surface area contributed by atoms with Crippen LogP contribution in [0.5, 0.6) is 5.75 Å². The van der Waals surface area contributed by atoms with E-state index in [1.807, 2.05) is 0 Å². The first kappa shape index (κ1) is 25.4. The average molecular weight is 457 g/mol. The number of hydrogen-bond acceptors (Lipinski definition) is 6. The van der Waals surface area contributed by atoms with Crippen molar-refractivity contribution >= 4 is 10.9 Å². The molecule has 0 aliphatic carbocycles. The van der Waals surface area contributed by atoms with Gasteiger partial charge in [0.05, 0.1) is 18.2 Å². The second-order valence-corrected chi connectivity index (χ2v) is 9.04. The lowest BCUT2D eigenvalue weighted by molar-refractivity contribution is 0.147. The molecule has 0 amide bonds. The van der Waals surface area contributed by atoms with Crippen LogP contribution < -0.4 is 10.9 Å². The first-order chi connectivity index (χ1) is 15.9. The number of benzene rings is 1. The van der Waals surface area contributed by atoms with Crippen LogP contribution in [0, 0.1) is 12.8 Å². The third-order valence-corrected chi connectivity index (χ3v) is 6.22. The number of aliphatic hydroxyl groups is 1. The number of phenolic OH excluding ortho intramolecular Hbond substituents is 1. The number of aromatic nitrogens is 1. The summed E-state index contributed by atoms with van der Waals surface area (Å²) in [6, 6.07) is 6.19. The summed E-state index contributed by atoms with van der Waals surface area (Å²) in [6.45, 7) is 12.1. The minimum atomic E-state index is -0.746. The van der Waals surface area contributed by atoms with Crippen molar-refractivity contribution in [1.82, 2.24) is 15.2 Å². The van der Waals surface area contributed by atoms with Gasteiger partial charge < -0.3 is 30.2 Å². The number of rotatable bonds is 12. The Morgan fingerprint density at radius 1 is 1.33 bits per heavy atom. The molecule has 3 rings (SSSR count). The molecule has 0 saturated carbocycles. The minimum Gasteiger partial charge on any atom is -0.506 e. The number of aromatic amines is 1. The fourth-order valence-corrected chi connectivity index (χ4v) is 4.19. The summed E-state index contributed by atoms with van der Waals surface area (Å²) in [7, 11) is 0. The molecule has 1 fully saturated rings. The van der Waals surface area contributed by atoms with E-state index in [1.54, 1.807) is 12.1 Å². The molecule has 1 aromatic carbocycles. The molecular formula is C26H38N3O4. The lowest BCUT2D eigenvalue weighted by Crippen LogP contribution is -2.33. The van der Waals surface area contributed by atoms with Crippen molar-refractivity contribution in [1.29, 1.82) is 0 Å². The van der Waals surface area contributed by atoms with E-state index in [0.717, 1.165) is 25.9 Å². The number of likely N-dealkylation sites (tertiary alicyclic amines) is 1. The molecule has 1 atom stereocenters. The van der Waals surface area contributed by atoms with Gasteiger partial charge in [0.25, 0.3) is 0 Å². The first-order valence-corrected chi connectivity index (χ1v) is 12.0. The van der Waals surface area contributed by atoms with Crippen molar-refractivity contribution in [2.45, 2.75) is 38.7 Å². The van der Waals surface area contributed by atoms with Crippen LogP contribution in [0.3, 0.4) is 0 Å². The third-order valence-electron chi connectivity index (χ3n) is 6.22. The second kappa shape index (κ2) is 12.9. The van der Waals surface area contributed by atoms with Crippen LogP contribution in [-0.2, 0) is 4.74 Å². The van der Waals surface area contributed by atoms with Crippen LogP contribution in [0.25, 0.3) is 10.9 Å². The summed E-state index contributed by atoms with van der Waals surface area (Å²) in [4.78, 5) is 16.7. The van der Waals surface area contributed by atoms with E-state index in [0.29, 0.717) is 42.1 Å². The van der Waals surface area contributed by atoms with Crippen molar-refractivity contribution in [3.05, 3.63) is 58.8 Å². The van der Waals surface area contributed by atoms with Crippen LogP contribution in [0.4, 0.5) is 0 Å². The highest BCUT2D eigenvalue weighted by Crippen LogP contribution is 2.28. The van der Waals surface area contributed by atoms with Gasteiger partial charge in [-0.15, -0.1) is 0 Å². The van der Waals surface area contributed by atoms with Gasteiger partial charge in [-0.1, -0.05) is 24.6 Å². The Labute approximate surface area is 196 Å². The first-order valence-electron chi connectivity index (χ1n) is 12.0. The number of piperidine rings is 1. The van der Waals surface area contributed by atoms with Crippen molar-refractivity contribution in [3.8, 4) is 5.75 Å². The van der Waals surface area contributed by atoms with Gasteiger partial charge in [0.1, 0.15) is 5.75 Å². The molecule has 1 aromatic heterocycles. The van der Waals surface area contributed by atoms with E-state index in [4.69, 9.17) is 4.74 Å². The van der Waals surface area contributed by atoms with Crippen molar-refractivity contribution in [3.63, 3.8) is 0 Å². The minimum absolute atomic E-state index is 0.00761. The molecule has 1 aliphatic heterocycles. The lowest BCUT2D eigenvalue weighted by Gasteiger charge is -2.29. The molecule has 2 heterocycles.